The molecule has 2 amide bonds. The van der Waals surface area contributed by atoms with Crippen LogP contribution < -0.4 is 0 Å². The van der Waals surface area contributed by atoms with Crippen molar-refractivity contribution >= 4 is 6.03 Å². The second-order valence-electron chi connectivity index (χ2n) is 11.6. The summed E-state index contributed by atoms with van der Waals surface area (Å²) in [7, 11) is 0. The Morgan fingerprint density at radius 1 is 0.943 bits per heavy atom. The molecule has 4 heterocycles. The summed E-state index contributed by atoms with van der Waals surface area (Å²) in [6.45, 7) is 3.39. The van der Waals surface area contributed by atoms with E-state index >= 15 is 0 Å². The largest absolute Gasteiger partial charge is 0.323 e. The number of hydrogen-bond donors (Lipinski definition) is 1. The minimum absolute atomic E-state index is 0.206. The number of benzene rings is 1. The molecule has 0 unspecified atom stereocenters. The lowest BCUT2D eigenvalue weighted by molar-refractivity contribution is -0.0771. The Kier molecular flexibility index (Phi) is 4.09. The van der Waals surface area contributed by atoms with Crippen LogP contribution in [0.25, 0.3) is 11.4 Å². The highest BCUT2D eigenvalue weighted by Crippen LogP contribution is 2.54. The van der Waals surface area contributed by atoms with E-state index in [2.05, 4.69) is 49.1 Å². The van der Waals surface area contributed by atoms with Gasteiger partial charge in [-0.2, -0.15) is 10.2 Å². The van der Waals surface area contributed by atoms with Crippen LogP contribution in [0.4, 0.5) is 4.79 Å². The van der Waals surface area contributed by atoms with E-state index in [4.69, 9.17) is 5.10 Å². The van der Waals surface area contributed by atoms with Crippen molar-refractivity contribution in [3.05, 3.63) is 47.8 Å². The first-order chi connectivity index (χ1) is 17.1. The number of rotatable bonds is 5. The molecule has 5 aliphatic rings. The van der Waals surface area contributed by atoms with Gasteiger partial charge in [-0.25, -0.2) is 19.4 Å². The molecule has 180 valence electrons. The minimum atomic E-state index is 0.206. The summed E-state index contributed by atoms with van der Waals surface area (Å²) < 4.78 is 2.07. The number of carbonyl (C=O) groups is 1. The van der Waals surface area contributed by atoms with Crippen molar-refractivity contribution < 1.29 is 4.79 Å². The first-order valence-corrected chi connectivity index (χ1v) is 13.1. The molecule has 1 N–H and O–H groups in total. The van der Waals surface area contributed by atoms with Crippen molar-refractivity contribution in [1.29, 1.82) is 0 Å². The van der Waals surface area contributed by atoms with Crippen LogP contribution >= 0.6 is 0 Å². The summed E-state index contributed by atoms with van der Waals surface area (Å²) in [4.78, 5) is 26.1. The van der Waals surface area contributed by atoms with Gasteiger partial charge in [-0.1, -0.05) is 24.3 Å². The Bertz CT molecular complexity index is 1270. The summed E-state index contributed by atoms with van der Waals surface area (Å²) in [6, 6.07) is 9.21. The van der Waals surface area contributed by atoms with Gasteiger partial charge < -0.3 is 9.80 Å². The molecule has 35 heavy (non-hydrogen) atoms. The second kappa shape index (κ2) is 7.15. The minimum Gasteiger partial charge on any atom is -0.323 e. The number of carbonyl (C=O) groups excluding carboxylic acids is 1. The predicted molar refractivity (Wildman–Crippen MR) is 128 cm³/mol. The third-order valence-electron chi connectivity index (χ3n) is 8.76. The lowest BCUT2D eigenvalue weighted by Gasteiger charge is -2.60. The molecule has 9 heteroatoms. The average Bonchev–Trinajstić information content (AvgIpc) is 3.72. The maximum Gasteiger partial charge on any atom is 0.320 e. The van der Waals surface area contributed by atoms with Crippen LogP contribution in [-0.4, -0.2) is 72.0 Å². The van der Waals surface area contributed by atoms with Crippen molar-refractivity contribution in [2.75, 3.05) is 26.2 Å². The van der Waals surface area contributed by atoms with Gasteiger partial charge in [0, 0.05) is 54.9 Å². The van der Waals surface area contributed by atoms with Gasteiger partial charge in [-0.15, -0.1) is 0 Å². The maximum absolute atomic E-state index is 13.0. The first-order valence-electron chi connectivity index (χ1n) is 13.1. The highest BCUT2D eigenvalue weighted by atomic mass is 16.2. The third-order valence-corrected chi connectivity index (χ3v) is 8.76. The molecule has 2 saturated heterocycles. The van der Waals surface area contributed by atoms with Gasteiger partial charge in [0.2, 0.25) is 0 Å². The molecule has 5 fully saturated rings. The van der Waals surface area contributed by atoms with Crippen molar-refractivity contribution in [3.8, 4) is 11.4 Å². The quantitative estimate of drug-likeness (QED) is 0.614. The predicted octanol–water partition coefficient (Wildman–Crippen LogP) is 3.67. The molecule has 0 atom stereocenters. The maximum atomic E-state index is 13.0. The van der Waals surface area contributed by atoms with Crippen molar-refractivity contribution in [1.82, 2.24) is 39.7 Å². The fourth-order valence-electron chi connectivity index (χ4n) is 6.17. The van der Waals surface area contributed by atoms with Gasteiger partial charge in [-0.05, 0) is 44.1 Å². The molecule has 8 rings (SSSR count). The number of aromatic amines is 1. The second-order valence-corrected chi connectivity index (χ2v) is 11.6. The molecule has 9 nitrogen and oxygen atoms in total. The fraction of sp³-hybridized carbons (Fsp3) is 0.577. The Morgan fingerprint density at radius 3 is 2.40 bits per heavy atom. The highest BCUT2D eigenvalue weighted by Gasteiger charge is 2.55. The number of likely N-dealkylation sites (tertiary alicyclic amines) is 2. The molecular weight excluding hydrogens is 440 g/mol. The molecule has 0 radical (unpaired) electrons. The molecule has 1 spiro atoms. The number of nitrogens with zero attached hydrogens (tertiary/aromatic N) is 7. The summed E-state index contributed by atoms with van der Waals surface area (Å²) >= 11 is 0. The zero-order valence-corrected chi connectivity index (χ0v) is 19.8. The standard InChI is InChI=1S/C26H30N8O/c35-25(33-13-26(14-33)9-21(10-26)34-15-27-22(31-34)17-5-6-17)32-11-20(12-32)16-1-3-18(4-2-16)23-28-24(30-29-23)19-7-8-19/h1-4,15,17,19-21H,5-14H2,(H,28,29,30). The zero-order chi connectivity index (χ0) is 23.1. The van der Waals surface area contributed by atoms with Gasteiger partial charge >= 0.3 is 6.03 Å². The van der Waals surface area contributed by atoms with Gasteiger partial charge in [0.25, 0.3) is 0 Å². The smallest absolute Gasteiger partial charge is 0.320 e. The molecule has 3 aromatic rings. The number of H-pyrrole nitrogens is 1. The first kappa shape index (κ1) is 20.0. The van der Waals surface area contributed by atoms with Crippen LogP contribution in [0, 0.1) is 5.41 Å². The number of hydrogen-bond acceptors (Lipinski definition) is 5. The van der Waals surface area contributed by atoms with Crippen LogP contribution in [0.1, 0.15) is 79.5 Å². The molecular formula is C26H30N8O. The summed E-state index contributed by atoms with van der Waals surface area (Å²) in [6.07, 6.45) is 9.06. The van der Waals surface area contributed by atoms with Crippen LogP contribution in [0.15, 0.2) is 30.6 Å². The Hall–Kier alpha value is -3.23. The number of urea groups is 1. The van der Waals surface area contributed by atoms with Crippen LogP contribution in [0.5, 0.6) is 0 Å². The summed E-state index contributed by atoms with van der Waals surface area (Å²) in [5.74, 6) is 4.42. The molecule has 1 aromatic carbocycles. The van der Waals surface area contributed by atoms with Crippen molar-refractivity contribution in [3.63, 3.8) is 0 Å². The van der Waals surface area contributed by atoms with Crippen molar-refractivity contribution in [2.45, 2.75) is 62.3 Å². The third kappa shape index (κ3) is 3.38. The highest BCUT2D eigenvalue weighted by molar-refractivity contribution is 5.77. The normalized spacial score (nSPS) is 23.8. The number of aromatic nitrogens is 6. The van der Waals surface area contributed by atoms with Crippen LogP contribution in [0.2, 0.25) is 0 Å². The fourth-order valence-corrected chi connectivity index (χ4v) is 6.17. The lowest BCUT2D eigenvalue weighted by Crippen LogP contribution is -2.67. The van der Waals surface area contributed by atoms with Gasteiger partial charge in [0.15, 0.2) is 11.6 Å². The van der Waals surface area contributed by atoms with Gasteiger partial charge in [0.05, 0.1) is 6.04 Å². The van der Waals surface area contributed by atoms with Gasteiger partial charge in [0.1, 0.15) is 12.2 Å². The molecule has 3 aliphatic carbocycles. The van der Waals surface area contributed by atoms with Crippen molar-refractivity contribution in [2.24, 2.45) is 5.41 Å². The van der Waals surface area contributed by atoms with E-state index < -0.39 is 0 Å². The molecule has 2 aliphatic heterocycles. The molecule has 2 aromatic heterocycles. The van der Waals surface area contributed by atoms with Gasteiger partial charge in [-0.3, -0.25) is 5.10 Å². The van der Waals surface area contributed by atoms with E-state index in [0.29, 0.717) is 29.2 Å². The van der Waals surface area contributed by atoms with Crippen LogP contribution in [-0.2, 0) is 0 Å². The number of amides is 2. The van der Waals surface area contributed by atoms with E-state index in [1.54, 1.807) is 0 Å². The summed E-state index contributed by atoms with van der Waals surface area (Å²) in [5.41, 5.74) is 2.64. The number of nitrogens with one attached hydrogen (secondary N) is 1. The summed E-state index contributed by atoms with van der Waals surface area (Å²) in [5, 5.41) is 12.2. The van der Waals surface area contributed by atoms with E-state index in [-0.39, 0.29) is 6.03 Å². The van der Waals surface area contributed by atoms with E-state index in [9.17, 15) is 4.79 Å². The van der Waals surface area contributed by atoms with E-state index in [1.165, 1.54) is 31.2 Å². The molecule has 0 bridgehead atoms. The monoisotopic (exact) mass is 470 g/mol. The average molecular weight is 471 g/mol. The Balaban J connectivity index is 0.822. The van der Waals surface area contributed by atoms with E-state index in [0.717, 1.165) is 62.1 Å². The Labute approximate surface area is 203 Å². The SMILES string of the molecule is O=C(N1CC(c2ccc(-c3n[nH]c(C4CC4)n3)cc2)C1)N1CC2(CC(n3cnc(C4CC4)n3)C2)C1. The zero-order valence-electron chi connectivity index (χ0n) is 19.8. The van der Waals surface area contributed by atoms with E-state index in [1.807, 2.05) is 16.1 Å². The van der Waals surface area contributed by atoms with Crippen LogP contribution in [0.3, 0.4) is 0 Å². The Morgan fingerprint density at radius 2 is 1.69 bits per heavy atom. The molecule has 3 saturated carbocycles. The topological polar surface area (TPSA) is 95.8 Å². The lowest BCUT2D eigenvalue weighted by atomic mass is 9.61.